The highest BCUT2D eigenvalue weighted by molar-refractivity contribution is 6.32. The molecule has 0 radical (unpaired) electrons. The molecule has 15 heavy (non-hydrogen) atoms. The van der Waals surface area contributed by atoms with Crippen LogP contribution in [-0.4, -0.2) is 18.0 Å². The van der Waals surface area contributed by atoms with E-state index in [0.717, 1.165) is 19.3 Å². The van der Waals surface area contributed by atoms with Gasteiger partial charge in [0.25, 0.3) is 5.91 Å². The summed E-state index contributed by atoms with van der Waals surface area (Å²) in [6.45, 7) is 0.493. The zero-order valence-electron chi connectivity index (χ0n) is 8.25. The van der Waals surface area contributed by atoms with Crippen LogP contribution in [0.15, 0.2) is 16.7 Å². The molecule has 1 aliphatic carbocycles. The van der Waals surface area contributed by atoms with Gasteiger partial charge in [0.05, 0.1) is 11.8 Å². The highest BCUT2D eigenvalue weighted by Gasteiger charge is 2.32. The maximum absolute atomic E-state index is 11.6. The Morgan fingerprint density at radius 1 is 1.67 bits per heavy atom. The average molecular weight is 229 g/mol. The Kier molecular flexibility index (Phi) is 2.71. The first-order valence-corrected chi connectivity index (χ1v) is 5.29. The van der Waals surface area contributed by atoms with Crippen LogP contribution in [0, 0.1) is 0 Å². The number of carbonyl (C=O) groups excluding carboxylic acids is 1. The van der Waals surface area contributed by atoms with Gasteiger partial charge >= 0.3 is 0 Å². The van der Waals surface area contributed by atoms with E-state index in [1.165, 1.54) is 6.26 Å². The van der Waals surface area contributed by atoms with Crippen LogP contribution in [0.2, 0.25) is 5.22 Å². The molecule has 1 amide bonds. The summed E-state index contributed by atoms with van der Waals surface area (Å²) < 4.78 is 4.83. The van der Waals surface area contributed by atoms with Crippen LogP contribution >= 0.6 is 11.6 Å². The largest absolute Gasteiger partial charge is 0.452 e. The fourth-order valence-corrected chi connectivity index (χ4v) is 1.82. The lowest BCUT2D eigenvalue weighted by atomic mass is 9.78. The lowest BCUT2D eigenvalue weighted by Crippen LogP contribution is -2.54. The van der Waals surface area contributed by atoms with E-state index >= 15 is 0 Å². The molecule has 82 valence electrons. The van der Waals surface area contributed by atoms with E-state index in [-0.39, 0.29) is 16.7 Å². The normalized spacial score (nSPS) is 18.3. The lowest BCUT2D eigenvalue weighted by Gasteiger charge is -2.38. The Morgan fingerprint density at radius 2 is 2.40 bits per heavy atom. The molecule has 0 aliphatic heterocycles. The van der Waals surface area contributed by atoms with E-state index in [2.05, 4.69) is 5.32 Å². The summed E-state index contributed by atoms with van der Waals surface area (Å²) in [6, 6.07) is 1.54. The molecule has 0 unspecified atom stereocenters. The molecular weight excluding hydrogens is 216 g/mol. The average Bonchev–Trinajstić information content (AvgIpc) is 2.58. The topological polar surface area (TPSA) is 68.3 Å². The standard InChI is InChI=1S/C10H13ClN2O2/c11-8-7(2-5-15-8)9(14)13-6-10(12)3-1-4-10/h2,5H,1,3-4,6,12H2,(H,13,14). The van der Waals surface area contributed by atoms with Gasteiger partial charge < -0.3 is 15.5 Å². The van der Waals surface area contributed by atoms with Crippen molar-refractivity contribution < 1.29 is 9.21 Å². The van der Waals surface area contributed by atoms with Gasteiger partial charge in [0.2, 0.25) is 5.22 Å². The van der Waals surface area contributed by atoms with Gasteiger partial charge in [-0.25, -0.2) is 0 Å². The Labute approximate surface area is 92.8 Å². The summed E-state index contributed by atoms with van der Waals surface area (Å²) in [5.41, 5.74) is 6.12. The number of amides is 1. The number of furan rings is 1. The summed E-state index contributed by atoms with van der Waals surface area (Å²) in [5, 5.41) is 2.88. The van der Waals surface area contributed by atoms with Crippen LogP contribution < -0.4 is 11.1 Å². The molecule has 1 aliphatic rings. The summed E-state index contributed by atoms with van der Waals surface area (Å²) in [6.07, 6.45) is 4.45. The highest BCUT2D eigenvalue weighted by Crippen LogP contribution is 2.28. The number of nitrogens with one attached hydrogen (secondary N) is 1. The van der Waals surface area contributed by atoms with Gasteiger partial charge in [-0.15, -0.1) is 0 Å². The van der Waals surface area contributed by atoms with E-state index in [1.54, 1.807) is 6.07 Å². The number of hydrogen-bond acceptors (Lipinski definition) is 3. The first-order chi connectivity index (χ1) is 7.11. The second kappa shape index (κ2) is 3.87. The van der Waals surface area contributed by atoms with Crippen LogP contribution in [0.25, 0.3) is 0 Å². The van der Waals surface area contributed by atoms with Crippen molar-refractivity contribution in [1.82, 2.24) is 5.32 Å². The van der Waals surface area contributed by atoms with Gasteiger partial charge in [-0.1, -0.05) is 0 Å². The summed E-state index contributed by atoms with van der Waals surface area (Å²) >= 11 is 5.67. The third-order valence-corrected chi connectivity index (χ3v) is 3.11. The van der Waals surface area contributed by atoms with Crippen molar-refractivity contribution in [3.05, 3.63) is 23.1 Å². The molecule has 2 rings (SSSR count). The Bertz CT molecular complexity index is 371. The molecule has 0 atom stereocenters. The first kappa shape index (κ1) is 10.5. The van der Waals surface area contributed by atoms with Crippen molar-refractivity contribution in [2.24, 2.45) is 5.73 Å². The predicted octanol–water partition coefficient (Wildman–Crippen LogP) is 1.54. The minimum atomic E-state index is -0.231. The Balaban J connectivity index is 1.90. The van der Waals surface area contributed by atoms with Gasteiger partial charge in [0, 0.05) is 12.1 Å². The third-order valence-electron chi connectivity index (χ3n) is 2.81. The predicted molar refractivity (Wildman–Crippen MR) is 56.8 cm³/mol. The molecule has 0 bridgehead atoms. The molecule has 1 saturated carbocycles. The maximum Gasteiger partial charge on any atom is 0.256 e. The molecule has 0 aromatic carbocycles. The molecule has 4 nitrogen and oxygen atoms in total. The smallest absolute Gasteiger partial charge is 0.256 e. The van der Waals surface area contributed by atoms with Crippen molar-refractivity contribution in [2.45, 2.75) is 24.8 Å². The third kappa shape index (κ3) is 2.16. The van der Waals surface area contributed by atoms with E-state index in [4.69, 9.17) is 21.8 Å². The van der Waals surface area contributed by atoms with Crippen molar-refractivity contribution in [1.29, 1.82) is 0 Å². The maximum atomic E-state index is 11.6. The quantitative estimate of drug-likeness (QED) is 0.825. The zero-order chi connectivity index (χ0) is 10.9. The van der Waals surface area contributed by atoms with Crippen molar-refractivity contribution in [3.63, 3.8) is 0 Å². The van der Waals surface area contributed by atoms with E-state index < -0.39 is 0 Å². The SMILES string of the molecule is NC1(CNC(=O)c2ccoc2Cl)CCC1. The van der Waals surface area contributed by atoms with Gasteiger partial charge in [-0.05, 0) is 36.9 Å². The molecule has 0 spiro atoms. The monoisotopic (exact) mass is 228 g/mol. The van der Waals surface area contributed by atoms with Crippen molar-refractivity contribution in [2.75, 3.05) is 6.54 Å². The molecule has 1 fully saturated rings. The van der Waals surface area contributed by atoms with Gasteiger partial charge in [0.1, 0.15) is 0 Å². The fourth-order valence-electron chi connectivity index (χ4n) is 1.61. The van der Waals surface area contributed by atoms with Crippen LogP contribution in [-0.2, 0) is 0 Å². The minimum Gasteiger partial charge on any atom is -0.452 e. The van der Waals surface area contributed by atoms with Crippen molar-refractivity contribution >= 4 is 17.5 Å². The zero-order valence-corrected chi connectivity index (χ0v) is 9.01. The number of halogens is 1. The van der Waals surface area contributed by atoms with Gasteiger partial charge in [0.15, 0.2) is 0 Å². The molecule has 5 heteroatoms. The Hall–Kier alpha value is -1.00. The lowest BCUT2D eigenvalue weighted by molar-refractivity contribution is 0.0929. The second-order valence-electron chi connectivity index (χ2n) is 4.01. The summed E-state index contributed by atoms with van der Waals surface area (Å²) in [5.74, 6) is -0.231. The van der Waals surface area contributed by atoms with Crippen LogP contribution in [0.5, 0.6) is 0 Å². The van der Waals surface area contributed by atoms with Crippen molar-refractivity contribution in [3.8, 4) is 0 Å². The summed E-state index contributed by atoms with van der Waals surface area (Å²) in [4.78, 5) is 11.6. The van der Waals surface area contributed by atoms with Gasteiger partial charge in [-0.3, -0.25) is 4.79 Å². The second-order valence-corrected chi connectivity index (χ2v) is 4.35. The van der Waals surface area contributed by atoms with Crippen LogP contribution in [0.4, 0.5) is 0 Å². The number of nitrogens with two attached hydrogens (primary N) is 1. The number of carbonyl (C=O) groups is 1. The molecular formula is C10H13ClN2O2. The summed E-state index contributed by atoms with van der Waals surface area (Å²) in [7, 11) is 0. The molecule has 1 aromatic heterocycles. The molecule has 3 N–H and O–H groups in total. The van der Waals surface area contributed by atoms with Gasteiger partial charge in [-0.2, -0.15) is 0 Å². The molecule has 1 aromatic rings. The fraction of sp³-hybridized carbons (Fsp3) is 0.500. The van der Waals surface area contributed by atoms with E-state index in [0.29, 0.717) is 12.1 Å². The Morgan fingerprint density at radius 3 is 2.87 bits per heavy atom. The van der Waals surface area contributed by atoms with Crippen LogP contribution in [0.1, 0.15) is 29.6 Å². The molecule has 1 heterocycles. The first-order valence-electron chi connectivity index (χ1n) is 4.91. The van der Waals surface area contributed by atoms with E-state index in [1.807, 2.05) is 0 Å². The highest BCUT2D eigenvalue weighted by atomic mass is 35.5. The molecule has 0 saturated heterocycles. The number of rotatable bonds is 3. The van der Waals surface area contributed by atoms with Crippen LogP contribution in [0.3, 0.4) is 0 Å². The minimum absolute atomic E-state index is 0.118. The van der Waals surface area contributed by atoms with E-state index in [9.17, 15) is 4.79 Å². The number of hydrogen-bond donors (Lipinski definition) is 2.